The third-order valence-corrected chi connectivity index (χ3v) is 6.54. The van der Waals surface area contributed by atoms with Gasteiger partial charge in [0.1, 0.15) is 5.82 Å². The van der Waals surface area contributed by atoms with Gasteiger partial charge < -0.3 is 14.4 Å². The number of imidazole rings is 1. The zero-order valence-electron chi connectivity index (χ0n) is 20.1. The molecular weight excluding hydrogens is 440 g/mol. The lowest BCUT2D eigenvalue weighted by Gasteiger charge is -2.31. The largest absolute Gasteiger partial charge is 0.352 e. The van der Waals surface area contributed by atoms with Crippen LogP contribution in [-0.2, 0) is 17.9 Å². The van der Waals surface area contributed by atoms with Gasteiger partial charge in [0.2, 0.25) is 17.6 Å². The van der Waals surface area contributed by atoms with Gasteiger partial charge in [0.25, 0.3) is 0 Å². The Hall–Kier alpha value is -3.78. The van der Waals surface area contributed by atoms with E-state index in [9.17, 15) is 4.79 Å². The number of benzene rings is 2. The van der Waals surface area contributed by atoms with E-state index in [2.05, 4.69) is 25.3 Å². The smallest absolute Gasteiger partial charge is 0.241 e. The van der Waals surface area contributed by atoms with Crippen LogP contribution < -0.4 is 5.32 Å². The summed E-state index contributed by atoms with van der Waals surface area (Å²) in [4.78, 5) is 24.2. The van der Waals surface area contributed by atoms with Gasteiger partial charge in [-0.2, -0.15) is 4.98 Å². The maximum Gasteiger partial charge on any atom is 0.241 e. The number of aryl methyl sites for hydroxylation is 2. The summed E-state index contributed by atoms with van der Waals surface area (Å²) in [6.45, 7) is 6.64. The molecule has 4 aromatic rings. The average molecular weight is 471 g/mol. The number of carbonyl (C=O) groups excluding carboxylic acids is 1. The molecule has 1 amide bonds. The van der Waals surface area contributed by atoms with Crippen LogP contribution in [0.1, 0.15) is 35.7 Å². The third kappa shape index (κ3) is 5.33. The van der Waals surface area contributed by atoms with Crippen molar-refractivity contribution in [2.45, 2.75) is 39.8 Å². The quantitative estimate of drug-likeness (QED) is 0.438. The normalized spacial score (nSPS) is 16.3. The molecule has 1 aliphatic rings. The van der Waals surface area contributed by atoms with E-state index in [1.807, 2.05) is 73.1 Å². The number of carbonyl (C=O) groups is 1. The molecule has 0 aliphatic carbocycles. The van der Waals surface area contributed by atoms with Crippen LogP contribution in [0.3, 0.4) is 0 Å². The van der Waals surface area contributed by atoms with Crippen LogP contribution >= 0.6 is 0 Å². The Morgan fingerprint density at radius 2 is 1.97 bits per heavy atom. The molecule has 1 N–H and O–H groups in total. The highest BCUT2D eigenvalue weighted by Gasteiger charge is 2.27. The van der Waals surface area contributed by atoms with Crippen LogP contribution in [-0.4, -0.2) is 43.6 Å². The van der Waals surface area contributed by atoms with Gasteiger partial charge in [0.05, 0.1) is 18.2 Å². The molecule has 0 bridgehead atoms. The van der Waals surface area contributed by atoms with E-state index in [0.717, 1.165) is 42.0 Å². The van der Waals surface area contributed by atoms with Gasteiger partial charge in [-0.25, -0.2) is 4.98 Å². The first-order chi connectivity index (χ1) is 17.1. The lowest BCUT2D eigenvalue weighted by Crippen LogP contribution is -2.42. The summed E-state index contributed by atoms with van der Waals surface area (Å²) >= 11 is 0. The van der Waals surface area contributed by atoms with E-state index in [-0.39, 0.29) is 11.8 Å². The fourth-order valence-electron chi connectivity index (χ4n) is 4.60. The van der Waals surface area contributed by atoms with Crippen LogP contribution in [0.25, 0.3) is 17.1 Å². The number of hydrogen-bond acceptors (Lipinski definition) is 6. The molecule has 1 unspecified atom stereocenters. The van der Waals surface area contributed by atoms with Crippen LogP contribution in [0.15, 0.2) is 65.4 Å². The van der Waals surface area contributed by atoms with Crippen molar-refractivity contribution >= 4 is 5.91 Å². The zero-order chi connectivity index (χ0) is 24.2. The molecule has 180 valence electrons. The highest BCUT2D eigenvalue weighted by Crippen LogP contribution is 2.22. The maximum atomic E-state index is 13.0. The van der Waals surface area contributed by atoms with Crippen molar-refractivity contribution in [1.29, 1.82) is 0 Å². The number of likely N-dealkylation sites (tertiary alicyclic amines) is 1. The topological polar surface area (TPSA) is 89.1 Å². The van der Waals surface area contributed by atoms with Crippen LogP contribution in [0.2, 0.25) is 0 Å². The first kappa shape index (κ1) is 23.0. The Morgan fingerprint density at radius 3 is 2.77 bits per heavy atom. The Bertz CT molecular complexity index is 1290. The zero-order valence-corrected chi connectivity index (χ0v) is 20.1. The highest BCUT2D eigenvalue weighted by molar-refractivity contribution is 5.79. The van der Waals surface area contributed by atoms with Crippen molar-refractivity contribution in [2.75, 3.05) is 13.1 Å². The van der Waals surface area contributed by atoms with Crippen molar-refractivity contribution in [3.05, 3.63) is 83.8 Å². The molecule has 3 heterocycles. The molecule has 1 saturated heterocycles. The standard InChI is InChI=1S/C27H30N6O2/c1-19-9-11-21(12-10-19)26-30-25(35-31-26)18-32-14-5-7-23(17-32)27(34)29-16-22-6-3-4-8-24(22)33-15-13-28-20(33)2/h3-4,6,8-13,15,23H,5,7,14,16-18H2,1-2H3,(H,29,34). The predicted molar refractivity (Wildman–Crippen MR) is 133 cm³/mol. The number of rotatable bonds is 7. The van der Waals surface area contributed by atoms with Crippen molar-refractivity contribution in [3.8, 4) is 17.1 Å². The second-order valence-electron chi connectivity index (χ2n) is 9.14. The van der Waals surface area contributed by atoms with Crippen LogP contribution in [0, 0.1) is 19.8 Å². The third-order valence-electron chi connectivity index (χ3n) is 6.54. The molecule has 8 nitrogen and oxygen atoms in total. The number of nitrogens with one attached hydrogen (secondary N) is 1. The number of piperidine rings is 1. The molecule has 2 aromatic heterocycles. The second kappa shape index (κ2) is 10.2. The summed E-state index contributed by atoms with van der Waals surface area (Å²) in [5.41, 5.74) is 4.22. The molecule has 1 atom stereocenters. The molecule has 35 heavy (non-hydrogen) atoms. The summed E-state index contributed by atoms with van der Waals surface area (Å²) < 4.78 is 7.54. The van der Waals surface area contributed by atoms with Gasteiger partial charge in [0.15, 0.2) is 0 Å². The second-order valence-corrected chi connectivity index (χ2v) is 9.14. The number of hydrogen-bond donors (Lipinski definition) is 1. The van der Waals surface area contributed by atoms with E-state index in [4.69, 9.17) is 4.52 Å². The van der Waals surface area contributed by atoms with Crippen molar-refractivity contribution in [3.63, 3.8) is 0 Å². The Kier molecular flexibility index (Phi) is 6.72. The number of para-hydroxylation sites is 1. The molecule has 2 aromatic carbocycles. The summed E-state index contributed by atoms with van der Waals surface area (Å²) in [5.74, 6) is 2.10. The number of amides is 1. The van der Waals surface area contributed by atoms with E-state index in [0.29, 0.717) is 31.3 Å². The molecule has 0 spiro atoms. The molecule has 0 radical (unpaired) electrons. The van der Waals surface area contributed by atoms with Gasteiger partial charge in [-0.15, -0.1) is 0 Å². The predicted octanol–water partition coefficient (Wildman–Crippen LogP) is 4.07. The molecule has 1 aliphatic heterocycles. The minimum atomic E-state index is -0.0645. The first-order valence-corrected chi connectivity index (χ1v) is 12.0. The SMILES string of the molecule is Cc1ccc(-c2noc(CN3CCCC(C(=O)NCc4ccccc4-n4ccnc4C)C3)n2)cc1. The Balaban J connectivity index is 1.18. The lowest BCUT2D eigenvalue weighted by molar-refractivity contribution is -0.127. The molecule has 1 fully saturated rings. The number of aromatic nitrogens is 4. The average Bonchev–Trinajstić information content (AvgIpc) is 3.52. The Labute approximate surface area is 205 Å². The monoisotopic (exact) mass is 470 g/mol. The summed E-state index contributed by atoms with van der Waals surface area (Å²) in [6, 6.07) is 16.2. The van der Waals surface area contributed by atoms with E-state index >= 15 is 0 Å². The minimum absolute atomic E-state index is 0.0645. The molecule has 0 saturated carbocycles. The lowest BCUT2D eigenvalue weighted by atomic mass is 9.97. The van der Waals surface area contributed by atoms with Crippen molar-refractivity contribution < 1.29 is 9.32 Å². The maximum absolute atomic E-state index is 13.0. The van der Waals surface area contributed by atoms with Gasteiger partial charge in [-0.05, 0) is 44.9 Å². The van der Waals surface area contributed by atoms with Gasteiger partial charge in [-0.3, -0.25) is 9.69 Å². The summed E-state index contributed by atoms with van der Waals surface area (Å²) in [6.07, 6.45) is 5.57. The Morgan fingerprint density at radius 1 is 1.14 bits per heavy atom. The van der Waals surface area contributed by atoms with E-state index < -0.39 is 0 Å². The first-order valence-electron chi connectivity index (χ1n) is 12.0. The number of nitrogens with zero attached hydrogens (tertiary/aromatic N) is 5. The highest BCUT2D eigenvalue weighted by atomic mass is 16.5. The van der Waals surface area contributed by atoms with Crippen LogP contribution in [0.5, 0.6) is 0 Å². The molecular formula is C27H30N6O2. The molecule has 8 heteroatoms. The molecule has 5 rings (SSSR count). The fraction of sp³-hybridized carbons (Fsp3) is 0.333. The van der Waals surface area contributed by atoms with Gasteiger partial charge in [0, 0.05) is 31.0 Å². The fourth-order valence-corrected chi connectivity index (χ4v) is 4.60. The summed E-state index contributed by atoms with van der Waals surface area (Å²) in [7, 11) is 0. The van der Waals surface area contributed by atoms with E-state index in [1.165, 1.54) is 5.56 Å². The minimum Gasteiger partial charge on any atom is -0.352 e. The van der Waals surface area contributed by atoms with Crippen molar-refractivity contribution in [2.24, 2.45) is 5.92 Å². The van der Waals surface area contributed by atoms with Crippen LogP contribution in [0.4, 0.5) is 0 Å². The van der Waals surface area contributed by atoms with Gasteiger partial charge >= 0.3 is 0 Å². The van der Waals surface area contributed by atoms with Gasteiger partial charge in [-0.1, -0.05) is 53.2 Å². The van der Waals surface area contributed by atoms with E-state index in [1.54, 1.807) is 6.20 Å². The van der Waals surface area contributed by atoms with Crippen molar-refractivity contribution in [1.82, 2.24) is 29.9 Å². The summed E-state index contributed by atoms with van der Waals surface area (Å²) in [5, 5.41) is 7.29.